The second-order valence-electron chi connectivity index (χ2n) is 4.97. The summed E-state index contributed by atoms with van der Waals surface area (Å²) in [5, 5.41) is 8.97. The van der Waals surface area contributed by atoms with E-state index in [1.54, 1.807) is 6.08 Å². The highest BCUT2D eigenvalue weighted by molar-refractivity contribution is 5.93. The molecule has 4 heteroatoms. The zero-order valence-electron chi connectivity index (χ0n) is 12.3. The van der Waals surface area contributed by atoms with Crippen molar-refractivity contribution in [1.29, 1.82) is 5.26 Å². The monoisotopic (exact) mass is 276 g/mol. The Bertz CT molecular complexity index is 388. The number of carbonyl (C=O) groups excluding carboxylic acids is 1. The Morgan fingerprint density at radius 2 is 2.05 bits per heavy atom. The minimum atomic E-state index is -0.521. The van der Waals surface area contributed by atoms with Gasteiger partial charge in [0.05, 0.1) is 6.61 Å². The van der Waals surface area contributed by atoms with Gasteiger partial charge in [-0.25, -0.2) is 4.79 Å². The number of esters is 1. The fourth-order valence-electron chi connectivity index (χ4n) is 2.07. The van der Waals surface area contributed by atoms with Gasteiger partial charge >= 0.3 is 5.97 Å². The molecule has 1 aliphatic rings. The predicted molar refractivity (Wildman–Crippen MR) is 78.7 cm³/mol. The van der Waals surface area contributed by atoms with Crippen molar-refractivity contribution in [2.24, 2.45) is 0 Å². The summed E-state index contributed by atoms with van der Waals surface area (Å²) in [6, 6.07) is 1.90. The molecule has 1 aliphatic heterocycles. The standard InChI is InChI=1S/C16H24N2O2/c1-2-3-7-13-20-16(19)15(14-17)9-8-12-18-10-5-4-6-11-18/h8-9,12H,2-7,10-11,13H2,1H3/b12-8+,15-9+. The molecule has 0 saturated carbocycles. The van der Waals surface area contributed by atoms with Crippen LogP contribution in [0.1, 0.15) is 45.4 Å². The zero-order valence-corrected chi connectivity index (χ0v) is 12.3. The topological polar surface area (TPSA) is 53.3 Å². The van der Waals surface area contributed by atoms with Gasteiger partial charge in [0.15, 0.2) is 0 Å². The molecule has 0 unspecified atom stereocenters. The first-order valence-electron chi connectivity index (χ1n) is 7.47. The number of carbonyl (C=O) groups is 1. The third kappa shape index (κ3) is 6.42. The normalized spacial score (nSPS) is 16.2. The number of rotatable bonds is 7. The lowest BCUT2D eigenvalue weighted by molar-refractivity contribution is -0.138. The highest BCUT2D eigenvalue weighted by Crippen LogP contribution is 2.09. The molecule has 0 aromatic heterocycles. The van der Waals surface area contributed by atoms with Gasteiger partial charge in [-0.15, -0.1) is 0 Å². The van der Waals surface area contributed by atoms with Gasteiger partial charge in [0.2, 0.25) is 0 Å². The number of allylic oxidation sites excluding steroid dienone is 2. The van der Waals surface area contributed by atoms with Gasteiger partial charge in [0, 0.05) is 13.1 Å². The molecule has 0 atom stereocenters. The highest BCUT2D eigenvalue weighted by atomic mass is 16.5. The Morgan fingerprint density at radius 1 is 1.30 bits per heavy atom. The van der Waals surface area contributed by atoms with Crippen LogP contribution in [0.2, 0.25) is 0 Å². The third-order valence-corrected chi connectivity index (χ3v) is 3.27. The molecule has 110 valence electrons. The van der Waals surface area contributed by atoms with E-state index in [4.69, 9.17) is 10.00 Å². The number of likely N-dealkylation sites (tertiary alicyclic amines) is 1. The molecule has 1 fully saturated rings. The van der Waals surface area contributed by atoms with Crippen LogP contribution in [0, 0.1) is 11.3 Å². The maximum atomic E-state index is 11.7. The molecule has 0 bridgehead atoms. The Hall–Kier alpha value is -1.76. The van der Waals surface area contributed by atoms with Crippen molar-refractivity contribution < 1.29 is 9.53 Å². The van der Waals surface area contributed by atoms with Crippen LogP contribution in [-0.2, 0) is 9.53 Å². The summed E-state index contributed by atoms with van der Waals surface area (Å²) in [6.07, 6.45) is 11.9. The predicted octanol–water partition coefficient (Wildman–Crippen LogP) is 3.17. The quantitative estimate of drug-likeness (QED) is 0.236. The van der Waals surface area contributed by atoms with E-state index in [-0.39, 0.29) is 5.57 Å². The molecule has 0 aromatic carbocycles. The smallest absolute Gasteiger partial charge is 0.348 e. The van der Waals surface area contributed by atoms with Crippen molar-refractivity contribution in [1.82, 2.24) is 4.90 Å². The van der Waals surface area contributed by atoms with Crippen molar-refractivity contribution in [2.75, 3.05) is 19.7 Å². The number of hydrogen-bond donors (Lipinski definition) is 0. The van der Waals surface area contributed by atoms with Gasteiger partial charge in [-0.3, -0.25) is 0 Å². The second-order valence-corrected chi connectivity index (χ2v) is 4.97. The number of piperidine rings is 1. The van der Waals surface area contributed by atoms with E-state index in [2.05, 4.69) is 11.8 Å². The lowest BCUT2D eigenvalue weighted by Crippen LogP contribution is -2.23. The molecule has 1 heterocycles. The molecule has 1 rings (SSSR count). The highest BCUT2D eigenvalue weighted by Gasteiger charge is 2.09. The number of nitrogens with zero attached hydrogens (tertiary/aromatic N) is 2. The van der Waals surface area contributed by atoms with Crippen LogP contribution >= 0.6 is 0 Å². The lowest BCUT2D eigenvalue weighted by Gasteiger charge is -2.24. The molecule has 0 amide bonds. The van der Waals surface area contributed by atoms with Crippen LogP contribution < -0.4 is 0 Å². The molecular weight excluding hydrogens is 252 g/mol. The summed E-state index contributed by atoms with van der Waals surface area (Å²) < 4.78 is 5.06. The molecular formula is C16H24N2O2. The van der Waals surface area contributed by atoms with Gasteiger partial charge < -0.3 is 9.64 Å². The Labute approximate surface area is 121 Å². The summed E-state index contributed by atoms with van der Waals surface area (Å²) >= 11 is 0. The second kappa shape index (κ2) is 10.1. The van der Waals surface area contributed by atoms with E-state index < -0.39 is 5.97 Å². The number of ether oxygens (including phenoxy) is 1. The maximum absolute atomic E-state index is 11.7. The molecule has 0 aromatic rings. The summed E-state index contributed by atoms with van der Waals surface area (Å²) in [5.74, 6) is -0.521. The zero-order chi connectivity index (χ0) is 14.6. The van der Waals surface area contributed by atoms with Crippen molar-refractivity contribution in [2.45, 2.75) is 45.4 Å². The SMILES string of the molecule is CCCCCOC(=O)/C(C#N)=C/C=C/N1CCCCC1. The first kappa shape index (κ1) is 16.3. The molecule has 20 heavy (non-hydrogen) atoms. The summed E-state index contributed by atoms with van der Waals surface area (Å²) in [4.78, 5) is 13.9. The van der Waals surface area contributed by atoms with Crippen LogP contribution in [-0.4, -0.2) is 30.6 Å². The molecule has 1 saturated heterocycles. The first-order chi connectivity index (χ1) is 9.77. The van der Waals surface area contributed by atoms with E-state index in [0.29, 0.717) is 6.61 Å². The summed E-state index contributed by atoms with van der Waals surface area (Å²) in [5.41, 5.74) is 0.0646. The molecule has 0 spiro atoms. The number of unbranched alkanes of at least 4 members (excludes halogenated alkanes) is 2. The largest absolute Gasteiger partial charge is 0.462 e. The van der Waals surface area contributed by atoms with Crippen LogP contribution in [0.3, 0.4) is 0 Å². The van der Waals surface area contributed by atoms with Gasteiger partial charge in [0.25, 0.3) is 0 Å². The number of hydrogen-bond acceptors (Lipinski definition) is 4. The Morgan fingerprint density at radius 3 is 2.70 bits per heavy atom. The van der Waals surface area contributed by atoms with Crippen LogP contribution in [0.4, 0.5) is 0 Å². The Balaban J connectivity index is 2.39. The summed E-state index contributed by atoms with van der Waals surface area (Å²) in [7, 11) is 0. The maximum Gasteiger partial charge on any atom is 0.348 e. The molecule has 4 nitrogen and oxygen atoms in total. The first-order valence-corrected chi connectivity index (χ1v) is 7.47. The third-order valence-electron chi connectivity index (χ3n) is 3.27. The molecule has 0 radical (unpaired) electrons. The summed E-state index contributed by atoms with van der Waals surface area (Å²) in [6.45, 7) is 4.58. The Kier molecular flexibility index (Phi) is 8.21. The fourth-order valence-corrected chi connectivity index (χ4v) is 2.07. The van der Waals surface area contributed by atoms with Gasteiger partial charge in [-0.1, -0.05) is 19.8 Å². The van der Waals surface area contributed by atoms with Crippen LogP contribution in [0.25, 0.3) is 0 Å². The molecule has 0 aliphatic carbocycles. The van der Waals surface area contributed by atoms with Gasteiger partial charge in [-0.2, -0.15) is 5.26 Å². The van der Waals surface area contributed by atoms with E-state index in [0.717, 1.165) is 32.4 Å². The van der Waals surface area contributed by atoms with Gasteiger partial charge in [-0.05, 0) is 44.0 Å². The van der Waals surface area contributed by atoms with Gasteiger partial charge in [0.1, 0.15) is 11.6 Å². The van der Waals surface area contributed by atoms with E-state index in [1.165, 1.54) is 25.3 Å². The van der Waals surface area contributed by atoms with E-state index >= 15 is 0 Å². The molecule has 0 N–H and O–H groups in total. The van der Waals surface area contributed by atoms with Crippen molar-refractivity contribution >= 4 is 5.97 Å². The van der Waals surface area contributed by atoms with Crippen LogP contribution in [0.5, 0.6) is 0 Å². The van der Waals surface area contributed by atoms with Crippen LogP contribution in [0.15, 0.2) is 23.9 Å². The van der Waals surface area contributed by atoms with Crippen molar-refractivity contribution in [3.8, 4) is 6.07 Å². The fraction of sp³-hybridized carbons (Fsp3) is 0.625. The lowest BCUT2D eigenvalue weighted by atomic mass is 10.1. The minimum absolute atomic E-state index is 0.0646. The average Bonchev–Trinajstić information content (AvgIpc) is 2.49. The van der Waals surface area contributed by atoms with Crippen molar-refractivity contribution in [3.63, 3.8) is 0 Å². The van der Waals surface area contributed by atoms with Crippen molar-refractivity contribution in [3.05, 3.63) is 23.9 Å². The average molecular weight is 276 g/mol. The number of nitriles is 1. The van der Waals surface area contributed by atoms with E-state index in [9.17, 15) is 4.79 Å². The van der Waals surface area contributed by atoms with E-state index in [1.807, 2.05) is 12.3 Å². The minimum Gasteiger partial charge on any atom is -0.462 e.